The molecule has 1 aromatic rings. The molecule has 19 heavy (non-hydrogen) atoms. The topological polar surface area (TPSA) is 66.8 Å². The summed E-state index contributed by atoms with van der Waals surface area (Å²) >= 11 is 0. The third kappa shape index (κ3) is 6.36. The van der Waals surface area contributed by atoms with Crippen LogP contribution >= 0.6 is 0 Å². The summed E-state index contributed by atoms with van der Waals surface area (Å²) < 4.78 is 5.40. The van der Waals surface area contributed by atoms with Crippen molar-refractivity contribution in [3.63, 3.8) is 0 Å². The predicted octanol–water partition coefficient (Wildman–Crippen LogP) is 2.46. The lowest BCUT2D eigenvalue weighted by Gasteiger charge is -2.16. The van der Waals surface area contributed by atoms with Crippen molar-refractivity contribution in [3.05, 3.63) is 35.9 Å². The molecule has 0 heterocycles. The van der Waals surface area contributed by atoms with E-state index in [9.17, 15) is 9.90 Å². The van der Waals surface area contributed by atoms with Gasteiger partial charge in [-0.05, 0) is 18.4 Å². The molecular weight excluding hydrogens is 244 g/mol. The van der Waals surface area contributed by atoms with Crippen LogP contribution in [0.3, 0.4) is 0 Å². The molecule has 0 radical (unpaired) electrons. The first kappa shape index (κ1) is 15.7. The number of aliphatic hydroxyl groups is 1. The van der Waals surface area contributed by atoms with Crippen molar-refractivity contribution in [2.45, 2.75) is 38.9 Å². The summed E-state index contributed by atoms with van der Waals surface area (Å²) in [5.74, 6) is -1.33. The van der Waals surface area contributed by atoms with Gasteiger partial charge in [-0.15, -0.1) is 0 Å². The summed E-state index contributed by atoms with van der Waals surface area (Å²) in [6.45, 7) is 2.54. The molecule has 2 unspecified atom stereocenters. The van der Waals surface area contributed by atoms with E-state index in [1.54, 1.807) is 0 Å². The Bertz CT molecular complexity index is 364. The summed E-state index contributed by atoms with van der Waals surface area (Å²) in [5.41, 5.74) is 1.04. The second kappa shape index (κ2) is 8.67. The molecule has 0 aliphatic heterocycles. The number of aliphatic hydroxyl groups excluding tert-OH is 1. The van der Waals surface area contributed by atoms with Crippen LogP contribution in [-0.4, -0.2) is 28.9 Å². The van der Waals surface area contributed by atoms with Crippen molar-refractivity contribution >= 4 is 5.97 Å². The molecule has 1 rings (SSSR count). The fraction of sp³-hybridized carbons (Fsp3) is 0.533. The van der Waals surface area contributed by atoms with E-state index in [2.05, 4.69) is 0 Å². The van der Waals surface area contributed by atoms with Crippen molar-refractivity contribution in [1.82, 2.24) is 0 Å². The van der Waals surface area contributed by atoms with Gasteiger partial charge in [0.1, 0.15) is 0 Å². The highest BCUT2D eigenvalue weighted by Gasteiger charge is 2.20. The molecule has 0 aliphatic rings. The molecule has 0 aromatic heterocycles. The van der Waals surface area contributed by atoms with E-state index in [0.29, 0.717) is 13.0 Å². The molecule has 0 aliphatic carbocycles. The third-order valence-electron chi connectivity index (χ3n) is 2.96. The largest absolute Gasteiger partial charge is 0.481 e. The highest BCUT2D eigenvalue weighted by Crippen LogP contribution is 2.14. The standard InChI is InChI=1S/C15H22O4/c1-2-6-13(15(17)18)9-14(16)11-19-10-12-7-4-3-5-8-12/h3-5,7-8,13-14,16H,2,6,9-11H2,1H3,(H,17,18). The molecule has 4 heteroatoms. The number of carboxylic acid groups (broad SMARTS) is 1. The highest BCUT2D eigenvalue weighted by atomic mass is 16.5. The number of carbonyl (C=O) groups is 1. The number of rotatable bonds is 9. The van der Waals surface area contributed by atoms with Gasteiger partial charge in [-0.25, -0.2) is 0 Å². The zero-order valence-corrected chi connectivity index (χ0v) is 11.3. The Hall–Kier alpha value is -1.39. The number of hydrogen-bond donors (Lipinski definition) is 2. The zero-order valence-electron chi connectivity index (χ0n) is 11.3. The maximum atomic E-state index is 11.0. The third-order valence-corrected chi connectivity index (χ3v) is 2.96. The minimum Gasteiger partial charge on any atom is -0.481 e. The van der Waals surface area contributed by atoms with E-state index in [0.717, 1.165) is 12.0 Å². The first-order chi connectivity index (χ1) is 9.13. The molecule has 1 aromatic carbocycles. The van der Waals surface area contributed by atoms with Crippen LogP contribution in [0.1, 0.15) is 31.7 Å². The summed E-state index contributed by atoms with van der Waals surface area (Å²) in [4.78, 5) is 11.0. The Balaban J connectivity index is 2.27. The Kier molecular flexibility index (Phi) is 7.15. The molecule has 0 saturated carbocycles. The average Bonchev–Trinajstić information content (AvgIpc) is 2.39. The lowest BCUT2D eigenvalue weighted by Crippen LogP contribution is -2.24. The SMILES string of the molecule is CCCC(CC(O)COCc1ccccc1)C(=O)O. The maximum absolute atomic E-state index is 11.0. The molecule has 2 N–H and O–H groups in total. The lowest BCUT2D eigenvalue weighted by molar-refractivity contribution is -0.143. The monoisotopic (exact) mass is 266 g/mol. The Morgan fingerprint density at radius 3 is 2.58 bits per heavy atom. The second-order valence-electron chi connectivity index (χ2n) is 4.71. The van der Waals surface area contributed by atoms with Gasteiger partial charge in [-0.3, -0.25) is 4.79 Å². The Morgan fingerprint density at radius 2 is 2.00 bits per heavy atom. The molecule has 0 saturated heterocycles. The number of aliphatic carboxylic acids is 1. The van der Waals surface area contributed by atoms with Gasteiger partial charge in [0.05, 0.1) is 25.2 Å². The molecule has 0 spiro atoms. The Morgan fingerprint density at radius 1 is 1.32 bits per heavy atom. The molecular formula is C15H22O4. The van der Waals surface area contributed by atoms with Crippen LogP contribution in [0.15, 0.2) is 30.3 Å². The number of ether oxygens (including phenoxy) is 1. The van der Waals surface area contributed by atoms with E-state index in [4.69, 9.17) is 9.84 Å². The van der Waals surface area contributed by atoms with Crippen molar-refractivity contribution in [2.75, 3.05) is 6.61 Å². The van der Waals surface area contributed by atoms with E-state index >= 15 is 0 Å². The van der Waals surface area contributed by atoms with Crippen molar-refractivity contribution in [3.8, 4) is 0 Å². The van der Waals surface area contributed by atoms with Crippen LogP contribution in [0.25, 0.3) is 0 Å². The van der Waals surface area contributed by atoms with Crippen LogP contribution in [0.2, 0.25) is 0 Å². The van der Waals surface area contributed by atoms with Gasteiger partial charge in [-0.1, -0.05) is 43.7 Å². The molecule has 2 atom stereocenters. The van der Waals surface area contributed by atoms with E-state index in [1.165, 1.54) is 0 Å². The van der Waals surface area contributed by atoms with Gasteiger partial charge in [0.15, 0.2) is 0 Å². The zero-order chi connectivity index (χ0) is 14.1. The summed E-state index contributed by atoms with van der Waals surface area (Å²) in [6, 6.07) is 9.68. The fourth-order valence-electron chi connectivity index (χ4n) is 1.97. The number of benzene rings is 1. The fourth-order valence-corrected chi connectivity index (χ4v) is 1.97. The van der Waals surface area contributed by atoms with E-state index in [1.807, 2.05) is 37.3 Å². The molecule has 0 bridgehead atoms. The van der Waals surface area contributed by atoms with Crippen molar-refractivity contribution in [1.29, 1.82) is 0 Å². The minimum absolute atomic E-state index is 0.169. The Labute approximate surface area is 114 Å². The van der Waals surface area contributed by atoms with Crippen LogP contribution in [0.4, 0.5) is 0 Å². The second-order valence-corrected chi connectivity index (χ2v) is 4.71. The normalized spacial score (nSPS) is 14.0. The summed E-state index contributed by atoms with van der Waals surface area (Å²) in [7, 11) is 0. The summed E-state index contributed by atoms with van der Waals surface area (Å²) in [5, 5.41) is 18.8. The average molecular weight is 266 g/mol. The summed E-state index contributed by atoms with van der Waals surface area (Å²) in [6.07, 6.45) is 0.911. The smallest absolute Gasteiger partial charge is 0.306 e. The van der Waals surface area contributed by atoms with Gasteiger partial charge in [-0.2, -0.15) is 0 Å². The van der Waals surface area contributed by atoms with Crippen LogP contribution in [-0.2, 0) is 16.1 Å². The van der Waals surface area contributed by atoms with Gasteiger partial charge >= 0.3 is 5.97 Å². The van der Waals surface area contributed by atoms with Gasteiger partial charge in [0, 0.05) is 0 Å². The molecule has 0 amide bonds. The van der Waals surface area contributed by atoms with Crippen molar-refractivity contribution < 1.29 is 19.7 Å². The predicted molar refractivity (Wildman–Crippen MR) is 72.8 cm³/mol. The molecule has 4 nitrogen and oxygen atoms in total. The van der Waals surface area contributed by atoms with Crippen LogP contribution < -0.4 is 0 Å². The first-order valence-corrected chi connectivity index (χ1v) is 6.66. The van der Waals surface area contributed by atoms with Crippen LogP contribution in [0, 0.1) is 5.92 Å². The van der Waals surface area contributed by atoms with E-state index in [-0.39, 0.29) is 13.0 Å². The molecule has 106 valence electrons. The van der Waals surface area contributed by atoms with E-state index < -0.39 is 18.0 Å². The lowest BCUT2D eigenvalue weighted by atomic mass is 9.97. The number of carboxylic acids is 1. The van der Waals surface area contributed by atoms with Gasteiger partial charge < -0.3 is 14.9 Å². The van der Waals surface area contributed by atoms with Crippen molar-refractivity contribution in [2.24, 2.45) is 5.92 Å². The van der Waals surface area contributed by atoms with Gasteiger partial charge in [0.2, 0.25) is 0 Å². The quantitative estimate of drug-likeness (QED) is 0.720. The maximum Gasteiger partial charge on any atom is 0.306 e. The van der Waals surface area contributed by atoms with Crippen LogP contribution in [0.5, 0.6) is 0 Å². The first-order valence-electron chi connectivity index (χ1n) is 6.66. The van der Waals surface area contributed by atoms with Gasteiger partial charge in [0.25, 0.3) is 0 Å². The highest BCUT2D eigenvalue weighted by molar-refractivity contribution is 5.69. The number of hydrogen-bond acceptors (Lipinski definition) is 3. The minimum atomic E-state index is -0.844. The molecule has 0 fully saturated rings.